The minimum Gasteiger partial charge on any atom is -0.356 e. The minimum absolute atomic E-state index is 0.199. The fourth-order valence-electron chi connectivity index (χ4n) is 19.7. The van der Waals surface area contributed by atoms with E-state index in [9.17, 15) is 19.2 Å². The summed E-state index contributed by atoms with van der Waals surface area (Å²) >= 11 is 0. The van der Waals surface area contributed by atoms with Crippen molar-refractivity contribution in [2.24, 2.45) is 0 Å². The maximum absolute atomic E-state index is 12.2. The molecule has 4 N–H and O–H groups in total. The molecule has 0 spiro atoms. The Hall–Kier alpha value is -0.880. The van der Waals surface area contributed by atoms with Crippen LogP contribution in [-0.4, -0.2) is 193 Å². The van der Waals surface area contributed by atoms with E-state index in [1.54, 1.807) is 21.6 Å². The molecule has 124 heavy (non-hydrogen) atoms. The molecule has 12 nitrogen and oxygen atoms in total. The molecule has 0 saturated heterocycles. The first-order valence-corrected chi connectivity index (χ1v) is 60.2. The van der Waals surface area contributed by atoms with Crippen LogP contribution < -0.4 is 21.3 Å². The summed E-state index contributed by atoms with van der Waals surface area (Å²) in [7, 11) is 7.64. The largest absolute Gasteiger partial charge is 0.356 e. The van der Waals surface area contributed by atoms with Crippen molar-refractivity contribution < 1.29 is 37.1 Å². The number of carbonyl (C=O) groups is 4. The summed E-state index contributed by atoms with van der Waals surface area (Å²) in [6.07, 6.45) is 82.2. The topological polar surface area (TPSA) is 116 Å². The number of hydrogen-bond donors (Lipinski definition) is 4. The summed E-state index contributed by atoms with van der Waals surface area (Å²) < 4.78 is 5.16. The van der Waals surface area contributed by atoms with Gasteiger partial charge in [-0.25, -0.2) is 0 Å². The zero-order valence-electron chi connectivity index (χ0n) is 86.8. The number of nitrogens with one attached hydrogen (secondary N) is 4. The van der Waals surface area contributed by atoms with Crippen LogP contribution in [0.2, 0.25) is 0 Å². The summed E-state index contributed by atoms with van der Waals surface area (Å²) in [5.41, 5.74) is 0. The molecule has 16 heteroatoms. The second kappa shape index (κ2) is 92.6. The van der Waals surface area contributed by atoms with Crippen LogP contribution >= 0.6 is 43.2 Å². The highest BCUT2D eigenvalue weighted by atomic mass is 33.1. The molecule has 0 heterocycles. The fourth-order valence-corrected chi connectivity index (χ4v) is 23.8. The van der Waals surface area contributed by atoms with Gasteiger partial charge in [0.1, 0.15) is 0 Å². The van der Waals surface area contributed by atoms with E-state index >= 15 is 0 Å². The van der Waals surface area contributed by atoms with Gasteiger partial charge in [0.05, 0.1) is 103 Å². The van der Waals surface area contributed by atoms with E-state index in [0.29, 0.717) is 25.7 Å². The number of rotatable bonds is 98. The number of nitrogens with zero attached hydrogens (tertiary/aromatic N) is 4. The van der Waals surface area contributed by atoms with Crippen LogP contribution in [0.1, 0.15) is 522 Å². The Bertz CT molecular complexity index is 2070. The Morgan fingerprint density at radius 1 is 0.185 bits per heavy atom. The van der Waals surface area contributed by atoms with Crippen molar-refractivity contribution in [2.45, 2.75) is 546 Å². The molecule has 0 aromatic carbocycles. The van der Waals surface area contributed by atoms with Gasteiger partial charge >= 0.3 is 0 Å². The highest BCUT2D eigenvalue weighted by molar-refractivity contribution is 8.77. The molecular weight excluding hydrogens is 1600 g/mol. The number of quaternary nitrogens is 4. The summed E-state index contributed by atoms with van der Waals surface area (Å²) in [4.78, 5) is 48.8. The van der Waals surface area contributed by atoms with Gasteiger partial charge in [-0.15, -0.1) is 0 Å². The number of unbranched alkanes of at least 4 members (excludes halogenated alkanes) is 54. The lowest BCUT2D eigenvalue weighted by Crippen LogP contribution is -2.58. The van der Waals surface area contributed by atoms with Gasteiger partial charge in [0.2, 0.25) is 23.6 Å². The van der Waals surface area contributed by atoms with Gasteiger partial charge in [0.15, 0.2) is 0 Å². The molecule has 0 bridgehead atoms. The Balaban J connectivity index is 0. The first-order valence-electron chi connectivity index (χ1n) is 55.2. The smallest absolute Gasteiger partial charge is 0.220 e. The van der Waals surface area contributed by atoms with E-state index in [4.69, 9.17) is 0 Å². The lowest BCUT2D eigenvalue weighted by Gasteiger charge is -2.45. The molecule has 0 rings (SSSR count). The summed E-state index contributed by atoms with van der Waals surface area (Å²) in [5.74, 6) is 5.21. The van der Waals surface area contributed by atoms with Crippen LogP contribution in [0.4, 0.5) is 0 Å². The Morgan fingerprint density at radius 3 is 0.540 bits per heavy atom. The number of amides is 4. The van der Waals surface area contributed by atoms with E-state index < -0.39 is 0 Å². The zero-order chi connectivity index (χ0) is 91.7. The monoisotopic (exact) mass is 1830 g/mol. The van der Waals surface area contributed by atoms with Crippen LogP contribution in [0.5, 0.6) is 0 Å². The lowest BCUT2D eigenvalue weighted by atomic mass is 10.0. The van der Waals surface area contributed by atoms with Gasteiger partial charge in [-0.05, 0) is 214 Å². The second-order valence-electron chi connectivity index (χ2n) is 39.6. The van der Waals surface area contributed by atoms with Crippen molar-refractivity contribution in [1.29, 1.82) is 0 Å². The molecule has 0 atom stereocenters. The van der Waals surface area contributed by atoms with E-state index in [-0.39, 0.29) is 23.6 Å². The molecule has 0 fully saturated rings. The molecule has 0 aromatic heterocycles. The second-order valence-corrected chi connectivity index (χ2v) is 45.0. The van der Waals surface area contributed by atoms with E-state index in [1.165, 1.54) is 455 Å². The highest BCUT2D eigenvalue weighted by Gasteiger charge is 2.33. The van der Waals surface area contributed by atoms with Crippen molar-refractivity contribution >= 4 is 66.8 Å². The van der Waals surface area contributed by atoms with Crippen molar-refractivity contribution in [3.05, 3.63) is 0 Å². The van der Waals surface area contributed by atoms with Crippen LogP contribution in [0.25, 0.3) is 0 Å². The van der Waals surface area contributed by atoms with E-state index in [2.05, 4.69) is 132 Å². The Morgan fingerprint density at radius 2 is 0.347 bits per heavy atom. The Labute approximate surface area is 793 Å². The van der Waals surface area contributed by atoms with Crippen LogP contribution in [0, 0.1) is 0 Å². The SMILES string of the molecule is CC[N+](CC)(CC)CCCCCCCCCCCCCCCC(=O)NCCCCCCSSCCCCCCNC(=O)CCCCCCCCCCCCCCC[N+](CC)(CC)CC.CC[N+](CCCCCCCCCCCCCCCC(=O)NCCSSCCNC(=O)CCCCCCCCCCCCCCC[N+](CC)(C(C)C)C(C)C)(C(C)C)C(C)C. The number of hydrogen-bond acceptors (Lipinski definition) is 8. The number of carbonyl (C=O) groups excluding carboxylic acids is 4. The van der Waals surface area contributed by atoms with Crippen molar-refractivity contribution in [1.82, 2.24) is 21.3 Å². The molecule has 0 aliphatic rings. The summed E-state index contributed by atoms with van der Waals surface area (Å²) in [5, 5.41) is 12.5. The predicted octanol–water partition coefficient (Wildman–Crippen LogP) is 31.2. The predicted molar refractivity (Wildman–Crippen MR) is 563 cm³/mol. The molecule has 740 valence electrons. The van der Waals surface area contributed by atoms with Gasteiger partial charge < -0.3 is 39.2 Å². The third kappa shape index (κ3) is 74.5. The average Bonchev–Trinajstić information content (AvgIpc) is 0.841. The molecule has 0 unspecified atom stereocenters. The molecule has 0 radical (unpaired) electrons. The highest BCUT2D eigenvalue weighted by Crippen LogP contribution is 2.28. The lowest BCUT2D eigenvalue weighted by molar-refractivity contribution is -0.965. The first-order chi connectivity index (χ1) is 60.2. The standard InChI is InChI=1S/C56H114N4O2S2.C52H106N4O2S2/c1-7-59(8-2,9-3)51-43-35-29-25-21-17-13-15-19-23-27-31-39-47-55(61)57-49-41-33-37-45-53-63-64-54-46-38-34-42-50-58-56(62)48-40-32-28-24-20-16-14-18-22-26-30-36-44-52-60(10-4,11-5)12-6;1-11-55(47(3)4,48(5)6)43-37-33-29-25-21-17-13-15-19-23-27-31-35-39-51(57)53-41-45-59-60-46-42-54-52(58)40-36-32-28-24-20-16-14-18-22-26-30-34-38-44-56(12-2,49(7)8)50(9)10/h7-54H2,1-6H3;47-50H,11-46H2,1-10H3/p+4. The van der Waals surface area contributed by atoms with Crippen LogP contribution in [-0.2, 0) is 19.2 Å². The first kappa shape index (κ1) is 125. The van der Waals surface area contributed by atoms with Gasteiger partial charge in [-0.1, -0.05) is 326 Å². The molecule has 0 aliphatic carbocycles. The third-order valence-electron chi connectivity index (χ3n) is 29.5. The molecule has 0 aromatic rings. The van der Waals surface area contributed by atoms with Crippen molar-refractivity contribution in [3.63, 3.8) is 0 Å². The molecule has 4 amide bonds. The van der Waals surface area contributed by atoms with Crippen molar-refractivity contribution in [2.75, 3.05) is 128 Å². The summed E-state index contributed by atoms with van der Waals surface area (Å²) in [6, 6.07) is 2.89. The average molecular weight is 1830 g/mol. The molecular formula is C108H224N8O4S4+4. The third-order valence-corrected chi connectivity index (χ3v) is 34.5. The van der Waals surface area contributed by atoms with Gasteiger partial charge in [-0.3, -0.25) is 19.2 Å². The quantitative estimate of drug-likeness (QED) is 0.0270. The van der Waals surface area contributed by atoms with Gasteiger partial charge in [-0.2, -0.15) is 0 Å². The van der Waals surface area contributed by atoms with Crippen LogP contribution in [0.15, 0.2) is 0 Å². The van der Waals surface area contributed by atoms with Crippen molar-refractivity contribution in [3.8, 4) is 0 Å². The maximum atomic E-state index is 12.2. The van der Waals surface area contributed by atoms with E-state index in [1.807, 2.05) is 21.6 Å². The Kier molecular flexibility index (Phi) is 93.4. The van der Waals surface area contributed by atoms with Gasteiger partial charge in [0.25, 0.3) is 0 Å². The normalized spacial score (nSPS) is 12.2. The van der Waals surface area contributed by atoms with Gasteiger partial charge in [0, 0.05) is 74.9 Å². The molecule has 0 saturated carbocycles. The minimum atomic E-state index is 0.199. The zero-order valence-corrected chi connectivity index (χ0v) is 90.0. The van der Waals surface area contributed by atoms with E-state index in [0.717, 1.165) is 100 Å². The van der Waals surface area contributed by atoms with Crippen LogP contribution in [0.3, 0.4) is 0 Å². The fraction of sp³-hybridized carbons (Fsp3) is 0.963. The maximum Gasteiger partial charge on any atom is 0.220 e. The summed E-state index contributed by atoms with van der Waals surface area (Å²) in [6.45, 7) is 56.9. The molecule has 0 aliphatic heterocycles.